The van der Waals surface area contributed by atoms with Gasteiger partial charge in [0.1, 0.15) is 6.10 Å². The van der Waals surface area contributed by atoms with Crippen LogP contribution in [0.5, 0.6) is 0 Å². The summed E-state index contributed by atoms with van der Waals surface area (Å²) in [6.45, 7) is 2.67. The maximum Gasteiger partial charge on any atom is 0.251 e. The molecule has 2 unspecified atom stereocenters. The summed E-state index contributed by atoms with van der Waals surface area (Å²) in [5.41, 5.74) is 0. The molecule has 0 bridgehead atoms. The van der Waals surface area contributed by atoms with E-state index in [2.05, 4.69) is 11.4 Å². The molecule has 2 atom stereocenters. The van der Waals surface area contributed by atoms with Gasteiger partial charge in [0.15, 0.2) is 0 Å². The van der Waals surface area contributed by atoms with Gasteiger partial charge in [-0.25, -0.2) is 0 Å². The SMILES string of the molecule is COC(C)C(=O)N1CCCC1c1cccs1. The highest BCUT2D eigenvalue weighted by Gasteiger charge is 2.32. The molecule has 4 heteroatoms. The van der Waals surface area contributed by atoms with Crippen LogP contribution in [0.4, 0.5) is 0 Å². The summed E-state index contributed by atoms with van der Waals surface area (Å²) < 4.78 is 5.10. The Morgan fingerprint density at radius 3 is 3.12 bits per heavy atom. The molecular formula is C12H17NO2S. The first kappa shape index (κ1) is 11.6. The first-order valence-electron chi connectivity index (χ1n) is 5.60. The number of methoxy groups -OCH3 is 1. The molecule has 0 spiro atoms. The van der Waals surface area contributed by atoms with Crippen LogP contribution >= 0.6 is 11.3 Å². The maximum absolute atomic E-state index is 12.1. The van der Waals surface area contributed by atoms with Crippen LogP contribution in [0.3, 0.4) is 0 Å². The minimum atomic E-state index is -0.333. The van der Waals surface area contributed by atoms with Crippen molar-refractivity contribution in [3.63, 3.8) is 0 Å². The van der Waals surface area contributed by atoms with Gasteiger partial charge in [-0.1, -0.05) is 6.07 Å². The number of hydrogen-bond donors (Lipinski definition) is 0. The van der Waals surface area contributed by atoms with Crippen LogP contribution in [0, 0.1) is 0 Å². The van der Waals surface area contributed by atoms with Crippen LogP contribution in [-0.2, 0) is 9.53 Å². The third-order valence-corrected chi connectivity index (χ3v) is 4.08. The van der Waals surface area contributed by atoms with Gasteiger partial charge in [-0.3, -0.25) is 4.79 Å². The number of rotatable bonds is 3. The zero-order valence-electron chi connectivity index (χ0n) is 9.68. The van der Waals surface area contributed by atoms with E-state index < -0.39 is 0 Å². The Kier molecular flexibility index (Phi) is 3.61. The number of amides is 1. The molecule has 2 heterocycles. The van der Waals surface area contributed by atoms with E-state index in [9.17, 15) is 4.79 Å². The second kappa shape index (κ2) is 4.97. The monoisotopic (exact) mass is 239 g/mol. The molecule has 16 heavy (non-hydrogen) atoms. The van der Waals surface area contributed by atoms with E-state index in [0.29, 0.717) is 0 Å². The highest BCUT2D eigenvalue weighted by Crippen LogP contribution is 2.34. The van der Waals surface area contributed by atoms with Crippen molar-refractivity contribution in [2.45, 2.75) is 31.9 Å². The lowest BCUT2D eigenvalue weighted by molar-refractivity contribution is -0.141. The summed E-state index contributed by atoms with van der Waals surface area (Å²) >= 11 is 1.73. The Morgan fingerprint density at radius 2 is 2.50 bits per heavy atom. The number of nitrogens with zero attached hydrogens (tertiary/aromatic N) is 1. The van der Waals surface area contributed by atoms with Crippen LogP contribution in [0.2, 0.25) is 0 Å². The van der Waals surface area contributed by atoms with Crippen molar-refractivity contribution < 1.29 is 9.53 Å². The summed E-state index contributed by atoms with van der Waals surface area (Å²) in [4.78, 5) is 15.3. The van der Waals surface area contributed by atoms with E-state index in [0.717, 1.165) is 19.4 Å². The number of hydrogen-bond acceptors (Lipinski definition) is 3. The molecule has 0 radical (unpaired) electrons. The van der Waals surface area contributed by atoms with Crippen molar-refractivity contribution in [3.8, 4) is 0 Å². The lowest BCUT2D eigenvalue weighted by Crippen LogP contribution is -2.37. The zero-order chi connectivity index (χ0) is 11.5. The van der Waals surface area contributed by atoms with Crippen LogP contribution < -0.4 is 0 Å². The average molecular weight is 239 g/mol. The third kappa shape index (κ3) is 2.13. The largest absolute Gasteiger partial charge is 0.372 e. The van der Waals surface area contributed by atoms with Gasteiger partial charge in [0.2, 0.25) is 0 Å². The molecule has 1 aliphatic rings. The van der Waals surface area contributed by atoms with Crippen molar-refractivity contribution in [1.82, 2.24) is 4.90 Å². The van der Waals surface area contributed by atoms with Crippen LogP contribution in [0.25, 0.3) is 0 Å². The van der Waals surface area contributed by atoms with Gasteiger partial charge in [-0.15, -0.1) is 11.3 Å². The van der Waals surface area contributed by atoms with Crippen molar-refractivity contribution in [3.05, 3.63) is 22.4 Å². The number of likely N-dealkylation sites (tertiary alicyclic amines) is 1. The average Bonchev–Trinajstić information content (AvgIpc) is 2.95. The quantitative estimate of drug-likeness (QED) is 0.811. The normalized spacial score (nSPS) is 22.4. The molecule has 1 amide bonds. The first-order valence-corrected chi connectivity index (χ1v) is 6.48. The van der Waals surface area contributed by atoms with Crippen molar-refractivity contribution in [2.75, 3.05) is 13.7 Å². The van der Waals surface area contributed by atoms with Crippen LogP contribution in [-0.4, -0.2) is 30.6 Å². The van der Waals surface area contributed by atoms with Gasteiger partial charge in [0.05, 0.1) is 6.04 Å². The second-order valence-corrected chi connectivity index (χ2v) is 5.06. The van der Waals surface area contributed by atoms with Crippen molar-refractivity contribution >= 4 is 17.2 Å². The molecule has 2 rings (SSSR count). The molecule has 3 nitrogen and oxygen atoms in total. The predicted octanol–water partition coefficient (Wildman–Crippen LogP) is 2.45. The van der Waals surface area contributed by atoms with E-state index in [1.54, 1.807) is 18.4 Å². The highest BCUT2D eigenvalue weighted by atomic mass is 32.1. The molecule has 1 saturated heterocycles. The fraction of sp³-hybridized carbons (Fsp3) is 0.583. The fourth-order valence-electron chi connectivity index (χ4n) is 2.14. The number of ether oxygens (including phenoxy) is 1. The topological polar surface area (TPSA) is 29.5 Å². The maximum atomic E-state index is 12.1. The van der Waals surface area contributed by atoms with Gasteiger partial charge in [-0.2, -0.15) is 0 Å². The first-order chi connectivity index (χ1) is 7.74. The van der Waals surface area contributed by atoms with Gasteiger partial charge in [0, 0.05) is 18.5 Å². The van der Waals surface area contributed by atoms with E-state index in [1.165, 1.54) is 4.88 Å². The van der Waals surface area contributed by atoms with E-state index in [1.807, 2.05) is 17.9 Å². The zero-order valence-corrected chi connectivity index (χ0v) is 10.5. The lowest BCUT2D eigenvalue weighted by atomic mass is 10.2. The Hall–Kier alpha value is -0.870. The van der Waals surface area contributed by atoms with E-state index in [-0.39, 0.29) is 18.1 Å². The molecule has 1 aromatic heterocycles. The number of carbonyl (C=O) groups excluding carboxylic acids is 1. The standard InChI is InChI=1S/C12H17NO2S/c1-9(15-2)12(14)13-7-3-5-10(13)11-6-4-8-16-11/h4,6,8-10H,3,5,7H2,1-2H3. The molecule has 88 valence electrons. The van der Waals surface area contributed by atoms with E-state index >= 15 is 0 Å². The Labute approximate surface area is 100 Å². The molecule has 0 saturated carbocycles. The van der Waals surface area contributed by atoms with Crippen molar-refractivity contribution in [2.24, 2.45) is 0 Å². The van der Waals surface area contributed by atoms with Gasteiger partial charge < -0.3 is 9.64 Å². The minimum Gasteiger partial charge on any atom is -0.372 e. The van der Waals surface area contributed by atoms with Gasteiger partial charge in [0.25, 0.3) is 5.91 Å². The highest BCUT2D eigenvalue weighted by molar-refractivity contribution is 7.10. The molecule has 1 fully saturated rings. The Morgan fingerprint density at radius 1 is 1.69 bits per heavy atom. The molecule has 1 aromatic rings. The van der Waals surface area contributed by atoms with Crippen LogP contribution in [0.15, 0.2) is 17.5 Å². The Balaban J connectivity index is 2.12. The molecule has 0 aromatic carbocycles. The van der Waals surface area contributed by atoms with Crippen molar-refractivity contribution in [1.29, 1.82) is 0 Å². The molecular weight excluding hydrogens is 222 g/mol. The minimum absolute atomic E-state index is 0.110. The van der Waals surface area contributed by atoms with E-state index in [4.69, 9.17) is 4.74 Å². The lowest BCUT2D eigenvalue weighted by Gasteiger charge is -2.26. The summed E-state index contributed by atoms with van der Waals surface area (Å²) in [6, 6.07) is 4.42. The fourth-order valence-corrected chi connectivity index (χ4v) is 3.02. The smallest absolute Gasteiger partial charge is 0.251 e. The molecule has 1 aliphatic heterocycles. The van der Waals surface area contributed by atoms with Gasteiger partial charge >= 0.3 is 0 Å². The third-order valence-electron chi connectivity index (χ3n) is 3.11. The van der Waals surface area contributed by atoms with Gasteiger partial charge in [-0.05, 0) is 31.2 Å². The van der Waals surface area contributed by atoms with Crippen LogP contribution in [0.1, 0.15) is 30.7 Å². The summed E-state index contributed by atoms with van der Waals surface area (Å²) in [7, 11) is 1.58. The molecule has 0 aliphatic carbocycles. The number of thiophene rings is 1. The number of carbonyl (C=O) groups is 1. The summed E-state index contributed by atoms with van der Waals surface area (Å²) in [5.74, 6) is 0.110. The summed E-state index contributed by atoms with van der Waals surface area (Å²) in [5, 5.41) is 2.07. The Bertz CT molecular complexity index is 350. The predicted molar refractivity (Wildman–Crippen MR) is 64.5 cm³/mol. The second-order valence-electron chi connectivity index (χ2n) is 4.08. The molecule has 0 N–H and O–H groups in total. The summed E-state index contributed by atoms with van der Waals surface area (Å²) in [6.07, 6.45) is 1.83.